The summed E-state index contributed by atoms with van der Waals surface area (Å²) >= 11 is 0. The maximum atomic E-state index is 14.1. The summed E-state index contributed by atoms with van der Waals surface area (Å²) in [7, 11) is -0.775. The molecule has 2 rings (SSSR count). The highest BCUT2D eigenvalue weighted by molar-refractivity contribution is 7.90. The van der Waals surface area contributed by atoms with E-state index in [1.165, 1.54) is 11.8 Å². The minimum absolute atomic E-state index is 0.0750. The third-order valence-electron chi connectivity index (χ3n) is 8.55. The van der Waals surface area contributed by atoms with Gasteiger partial charge in [0, 0.05) is 18.0 Å². The van der Waals surface area contributed by atoms with E-state index in [4.69, 9.17) is 0 Å². The van der Waals surface area contributed by atoms with Crippen LogP contribution in [0.4, 0.5) is 0 Å². The van der Waals surface area contributed by atoms with Crippen LogP contribution in [0.25, 0.3) is 0 Å². The summed E-state index contributed by atoms with van der Waals surface area (Å²) < 4.78 is 28.7. The highest BCUT2D eigenvalue weighted by atomic mass is 32.2. The number of likely N-dealkylation sites (N-methyl/N-ethyl adjacent to an activating group) is 2. The van der Waals surface area contributed by atoms with Gasteiger partial charge in [-0.05, 0) is 62.8 Å². The number of nitrogens with zero attached hydrogens (tertiary/aromatic N) is 1. The Labute approximate surface area is 276 Å². The highest BCUT2D eigenvalue weighted by Crippen LogP contribution is 2.29. The van der Waals surface area contributed by atoms with Gasteiger partial charge in [0.15, 0.2) is 0 Å². The van der Waals surface area contributed by atoms with Crippen molar-refractivity contribution in [2.24, 2.45) is 11.3 Å². The highest BCUT2D eigenvalue weighted by Gasteiger charge is 2.41. The van der Waals surface area contributed by atoms with Crippen molar-refractivity contribution in [2.75, 3.05) is 14.1 Å². The van der Waals surface area contributed by atoms with E-state index in [1.54, 1.807) is 46.2 Å². The number of hydrogen-bond donors (Lipinski definition) is 3. The molecule has 0 spiro atoms. The number of benzene rings is 2. The van der Waals surface area contributed by atoms with Crippen LogP contribution in [0.5, 0.6) is 0 Å². The maximum Gasteiger partial charge on any atom is 0.264 e. The van der Waals surface area contributed by atoms with Crippen LogP contribution in [0, 0.1) is 32.1 Å². The molecule has 46 heavy (non-hydrogen) atoms. The molecule has 0 saturated heterocycles. The molecule has 0 aliphatic carbocycles. The van der Waals surface area contributed by atoms with Gasteiger partial charge in [0.2, 0.25) is 11.8 Å². The van der Waals surface area contributed by atoms with Gasteiger partial charge in [0.05, 0.1) is 17.0 Å². The maximum absolute atomic E-state index is 14.1. The van der Waals surface area contributed by atoms with E-state index in [2.05, 4.69) is 15.4 Å². The van der Waals surface area contributed by atoms with E-state index < -0.39 is 44.9 Å². The van der Waals surface area contributed by atoms with Crippen molar-refractivity contribution in [3.05, 3.63) is 76.4 Å². The van der Waals surface area contributed by atoms with Crippen LogP contribution in [-0.2, 0) is 29.8 Å². The molecule has 0 aromatic heterocycles. The molecule has 3 N–H and O–H groups in total. The summed E-state index contributed by atoms with van der Waals surface area (Å²) in [6, 6.07) is 11.2. The molecule has 3 amide bonds. The first-order valence-corrected chi connectivity index (χ1v) is 17.2. The number of amides is 3. The van der Waals surface area contributed by atoms with E-state index in [9.17, 15) is 22.8 Å². The summed E-state index contributed by atoms with van der Waals surface area (Å²) in [5.41, 5.74) is 1.93. The first-order valence-electron chi connectivity index (χ1n) is 15.7. The molecule has 3 atom stereocenters. The fraction of sp³-hybridized carbons (Fsp3) is 0.528. The van der Waals surface area contributed by atoms with Gasteiger partial charge in [-0.1, -0.05) is 103 Å². The van der Waals surface area contributed by atoms with Crippen LogP contribution in [0.2, 0.25) is 0 Å². The minimum Gasteiger partial charge on any atom is -0.342 e. The quantitative estimate of drug-likeness (QED) is 0.279. The lowest BCUT2D eigenvalue weighted by molar-refractivity contribution is -0.140. The van der Waals surface area contributed by atoms with E-state index >= 15 is 0 Å². The number of carbonyl (C=O) groups is 3. The van der Waals surface area contributed by atoms with E-state index in [0.717, 1.165) is 11.1 Å². The molecule has 0 fully saturated rings. The lowest BCUT2D eigenvalue weighted by Crippen LogP contribution is -2.61. The number of nitrogens with one attached hydrogen (secondary N) is 3. The van der Waals surface area contributed by atoms with Gasteiger partial charge in [0.1, 0.15) is 6.04 Å². The average Bonchev–Trinajstić information content (AvgIpc) is 2.92. The molecular weight excluding hydrogens is 600 g/mol. The monoisotopic (exact) mass is 654 g/mol. The van der Waals surface area contributed by atoms with Gasteiger partial charge in [-0.25, -0.2) is 13.1 Å². The van der Waals surface area contributed by atoms with Crippen molar-refractivity contribution in [3.8, 4) is 0 Å². The van der Waals surface area contributed by atoms with Crippen molar-refractivity contribution in [1.82, 2.24) is 20.3 Å². The van der Waals surface area contributed by atoms with Crippen molar-refractivity contribution in [2.45, 2.75) is 105 Å². The number of hydrogen-bond acceptors (Lipinski definition) is 6. The zero-order valence-electron chi connectivity index (χ0n) is 29.8. The third-order valence-corrected chi connectivity index (χ3v) is 10.2. The molecule has 254 valence electrons. The zero-order valence-corrected chi connectivity index (χ0v) is 30.6. The molecule has 0 unspecified atom stereocenters. The fourth-order valence-corrected chi connectivity index (χ4v) is 7.48. The zero-order chi connectivity index (χ0) is 35.4. The fourth-order valence-electron chi connectivity index (χ4n) is 6.01. The Balaban J connectivity index is 2.37. The molecule has 0 aliphatic rings. The summed E-state index contributed by atoms with van der Waals surface area (Å²) in [6.07, 6.45) is 1.61. The van der Waals surface area contributed by atoms with Gasteiger partial charge in [0.25, 0.3) is 15.9 Å². The Morgan fingerprint density at radius 3 is 1.87 bits per heavy atom. The number of rotatable bonds is 12. The van der Waals surface area contributed by atoms with E-state index in [1.807, 2.05) is 85.7 Å². The molecule has 0 saturated carbocycles. The van der Waals surface area contributed by atoms with Crippen molar-refractivity contribution in [3.63, 3.8) is 0 Å². The summed E-state index contributed by atoms with van der Waals surface area (Å²) in [5.74, 6) is -1.54. The standard InChI is InChI=1S/C36H54N4O5S/c1-22(2)28(21-26(6)32(41)39-46(44,45)29-24(4)19-23(3)20-25(29)5)40(13)34(43)31(35(7,8)9)38-33(42)30(37-12)36(10,11)27-17-15-14-16-18-27/h14-22,28,30-31,37H,1-13H3,(H,38,42)(H,39,41)/b26-21+/t28-,30-,31-/m1/s1. The van der Waals surface area contributed by atoms with Crippen LogP contribution in [-0.4, -0.2) is 63.3 Å². The van der Waals surface area contributed by atoms with Crippen molar-refractivity contribution < 1.29 is 22.8 Å². The summed E-state index contributed by atoms with van der Waals surface area (Å²) in [6.45, 7) is 20.3. The number of sulfonamides is 1. The second-order valence-electron chi connectivity index (χ2n) is 14.3. The van der Waals surface area contributed by atoms with Crippen LogP contribution < -0.4 is 15.4 Å². The molecular formula is C36H54N4O5S. The third kappa shape index (κ3) is 9.06. The summed E-state index contributed by atoms with van der Waals surface area (Å²) in [5, 5.41) is 6.17. The molecule has 0 radical (unpaired) electrons. The van der Waals surface area contributed by atoms with Crippen molar-refractivity contribution >= 4 is 27.7 Å². The predicted octanol–water partition coefficient (Wildman–Crippen LogP) is 4.94. The summed E-state index contributed by atoms with van der Waals surface area (Å²) in [4.78, 5) is 42.7. The lowest BCUT2D eigenvalue weighted by atomic mass is 9.76. The van der Waals surface area contributed by atoms with E-state index in [-0.39, 0.29) is 28.2 Å². The van der Waals surface area contributed by atoms with Crippen LogP contribution >= 0.6 is 0 Å². The van der Waals surface area contributed by atoms with Crippen LogP contribution in [0.15, 0.2) is 59.0 Å². The van der Waals surface area contributed by atoms with Gasteiger partial charge in [-0.2, -0.15) is 0 Å². The average molecular weight is 655 g/mol. The molecule has 0 heterocycles. The molecule has 0 aliphatic heterocycles. The Bertz CT molecular complexity index is 1530. The molecule has 9 nitrogen and oxygen atoms in total. The Morgan fingerprint density at radius 2 is 1.41 bits per heavy atom. The number of aryl methyl sites for hydroxylation is 3. The second kappa shape index (κ2) is 14.9. The molecule has 2 aromatic carbocycles. The first-order chi connectivity index (χ1) is 21.1. The van der Waals surface area contributed by atoms with Gasteiger partial charge >= 0.3 is 0 Å². The molecule has 10 heteroatoms. The number of carbonyl (C=O) groups excluding carboxylic acids is 3. The van der Waals surface area contributed by atoms with Gasteiger partial charge < -0.3 is 15.5 Å². The molecule has 2 aromatic rings. The van der Waals surface area contributed by atoms with E-state index in [0.29, 0.717) is 11.1 Å². The first kappa shape index (κ1) is 38.7. The SMILES string of the molecule is CN[C@H](C(=O)N[C@H](C(=O)N(C)[C@H](/C=C(\C)C(=O)NS(=O)(=O)c1c(C)cc(C)cc1C)C(C)C)C(C)(C)C)C(C)(C)c1ccccc1. The van der Waals surface area contributed by atoms with Gasteiger partial charge in [-0.15, -0.1) is 0 Å². The topological polar surface area (TPSA) is 125 Å². The largest absolute Gasteiger partial charge is 0.342 e. The van der Waals surface area contributed by atoms with Gasteiger partial charge in [-0.3, -0.25) is 14.4 Å². The second-order valence-corrected chi connectivity index (χ2v) is 15.9. The lowest BCUT2D eigenvalue weighted by Gasteiger charge is -2.40. The molecule has 0 bridgehead atoms. The van der Waals surface area contributed by atoms with Crippen LogP contribution in [0.1, 0.15) is 77.6 Å². The smallest absolute Gasteiger partial charge is 0.264 e. The predicted molar refractivity (Wildman–Crippen MR) is 185 cm³/mol. The van der Waals surface area contributed by atoms with Crippen LogP contribution in [0.3, 0.4) is 0 Å². The normalized spacial score (nSPS) is 14.8. The van der Waals surface area contributed by atoms with Crippen molar-refractivity contribution in [1.29, 1.82) is 0 Å². The Kier molecular flexibility index (Phi) is 12.6. The Morgan fingerprint density at radius 1 is 0.891 bits per heavy atom. The minimum atomic E-state index is -4.14. The Hall–Kier alpha value is -3.50.